The zero-order valence-corrected chi connectivity index (χ0v) is 94.6. The molecule has 17 fully saturated rings. The lowest BCUT2D eigenvalue weighted by Gasteiger charge is -2.58. The number of rotatable bonds is 20. The summed E-state index contributed by atoms with van der Waals surface area (Å²) in [6.07, 6.45) is 16.9. The molecule has 0 aliphatic carbocycles. The van der Waals surface area contributed by atoms with Crippen LogP contribution in [0.1, 0.15) is 270 Å². The Morgan fingerprint density at radius 1 is 0.281 bits per heavy atom. The van der Waals surface area contributed by atoms with E-state index in [1.54, 1.807) is 13.8 Å². The summed E-state index contributed by atoms with van der Waals surface area (Å²) in [5, 5.41) is 45.4. The molecule has 804 valence electrons. The molecule has 0 aromatic heterocycles. The first-order chi connectivity index (χ1) is 64.6. The normalized spacial score (nSPS) is 27.3. The van der Waals surface area contributed by atoms with Crippen LogP contribution >= 0.6 is 0 Å². The zero-order valence-electron chi connectivity index (χ0n) is 94.6. The van der Waals surface area contributed by atoms with E-state index in [0.717, 1.165) is 129 Å². The van der Waals surface area contributed by atoms with Crippen molar-refractivity contribution in [3.63, 3.8) is 0 Å². The second kappa shape index (κ2) is 50.5. The molecule has 0 radical (unpaired) electrons. The third-order valence-electron chi connectivity index (χ3n) is 35.4. The van der Waals surface area contributed by atoms with E-state index in [0.29, 0.717) is 158 Å². The number of likely N-dealkylation sites (N-methyl/N-ethyl adjacent to an activating group) is 2. The molecule has 17 aliphatic heterocycles. The maximum atomic E-state index is 11.2. The number of likely N-dealkylation sites (tertiary alicyclic amines) is 16. The summed E-state index contributed by atoms with van der Waals surface area (Å²) in [4.78, 5) is 77.3. The number of hydrogen-bond donors (Lipinski definition) is 5. The molecule has 4 unspecified atom stereocenters. The van der Waals surface area contributed by atoms with Crippen molar-refractivity contribution < 1.29 is 39.9 Å². The fraction of sp³-hybridized carbons (Fsp3) is 0.903. The number of nitrogens with zero attached hydrogens (tertiary/aromatic N) is 18. The van der Waals surface area contributed by atoms with Gasteiger partial charge in [0.25, 0.3) is 0 Å². The highest BCUT2D eigenvalue weighted by atomic mass is 16.4. The number of carbonyl (C=O) groups excluding carboxylic acids is 2. The van der Waals surface area contributed by atoms with Crippen LogP contribution < -0.4 is 0 Å². The Morgan fingerprint density at radius 3 is 0.993 bits per heavy atom. The molecular weight excluding hydrogens is 1740 g/mol. The van der Waals surface area contributed by atoms with Gasteiger partial charge in [-0.25, -0.2) is 0 Å². The first kappa shape index (κ1) is 119. The fourth-order valence-corrected chi connectivity index (χ4v) is 26.4. The van der Waals surface area contributed by atoms with Gasteiger partial charge in [-0.3, -0.25) is 83.0 Å². The largest absolute Gasteiger partial charge is 0.512 e. The van der Waals surface area contributed by atoms with Gasteiger partial charge < -0.3 is 45.1 Å². The van der Waals surface area contributed by atoms with Crippen molar-refractivity contribution in [1.82, 2.24) is 88.2 Å². The van der Waals surface area contributed by atoms with Crippen molar-refractivity contribution in [1.29, 1.82) is 0 Å². The Bertz CT molecular complexity index is 3770. The van der Waals surface area contributed by atoms with Crippen LogP contribution in [0, 0.1) is 44.3 Å². The Hall–Kier alpha value is -3.75. The third kappa shape index (κ3) is 35.8. The third-order valence-corrected chi connectivity index (χ3v) is 35.4. The van der Waals surface area contributed by atoms with Gasteiger partial charge >= 0.3 is 5.97 Å². The lowest BCUT2D eigenvalue weighted by Crippen LogP contribution is -2.65. The second-order valence-corrected chi connectivity index (χ2v) is 53.6. The highest BCUT2D eigenvalue weighted by molar-refractivity contribution is 5.78. The minimum absolute atomic E-state index is 0.212. The maximum absolute atomic E-state index is 11.2. The molecule has 0 aromatic rings. The highest BCUT2D eigenvalue weighted by Gasteiger charge is 2.54. The Kier molecular flexibility index (Phi) is 43.2. The number of carboxylic acids is 1. The van der Waals surface area contributed by atoms with Crippen LogP contribution in [0.2, 0.25) is 0 Å². The molecule has 0 aromatic carbocycles. The van der Waals surface area contributed by atoms with E-state index in [9.17, 15) is 24.6 Å². The summed E-state index contributed by atoms with van der Waals surface area (Å²) < 4.78 is 0. The Morgan fingerprint density at radius 2 is 0.597 bits per heavy atom. The van der Waals surface area contributed by atoms with Crippen LogP contribution in [0.4, 0.5) is 0 Å². The molecule has 26 nitrogen and oxygen atoms in total. The van der Waals surface area contributed by atoms with Gasteiger partial charge in [-0.1, -0.05) is 40.2 Å². The van der Waals surface area contributed by atoms with Gasteiger partial charge in [-0.15, -0.1) is 0 Å². The number of piperazine rings is 2. The number of aliphatic carboxylic acids is 1. The van der Waals surface area contributed by atoms with Crippen molar-refractivity contribution in [2.75, 3.05) is 281 Å². The number of aliphatic hydroxyl groups is 4. The number of carbonyl (C=O) groups is 3. The van der Waals surface area contributed by atoms with Gasteiger partial charge in [0, 0.05) is 219 Å². The Balaban J connectivity index is 0.000000175. The van der Waals surface area contributed by atoms with E-state index in [1.165, 1.54) is 214 Å². The molecule has 6 spiro atoms. The fourth-order valence-electron chi connectivity index (χ4n) is 26.4. The molecule has 139 heavy (non-hydrogen) atoms. The van der Waals surface area contributed by atoms with Gasteiger partial charge in [-0.05, 0) is 382 Å². The number of piperidine rings is 4. The van der Waals surface area contributed by atoms with Crippen LogP contribution in [-0.4, -0.2) is 477 Å². The smallest absolute Gasteiger partial charge is 0.317 e. The first-order valence-corrected chi connectivity index (χ1v) is 55.5. The van der Waals surface area contributed by atoms with E-state index in [4.69, 9.17) is 15.3 Å². The summed E-state index contributed by atoms with van der Waals surface area (Å²) >= 11 is 0. The molecule has 5 N–H and O–H groups in total. The molecule has 26 heteroatoms. The highest BCUT2D eigenvalue weighted by Crippen LogP contribution is 2.48. The van der Waals surface area contributed by atoms with E-state index >= 15 is 0 Å². The molecule has 17 heterocycles. The maximum Gasteiger partial charge on any atom is 0.317 e. The van der Waals surface area contributed by atoms with Crippen molar-refractivity contribution in [2.45, 2.75) is 334 Å². The topological polar surface area (TPSA) is 211 Å². The minimum atomic E-state index is -0.702. The SMILES string of the molecule is C=C(O)CN1CC2(CCN(C(C)C)C2)C1.C=C(O)CN1CC2(CCN(C(C)C)CC2)C1.C=C(O)CN1CC2CN(C(C)(C)C)CC2C1.C=C(O)CN1CCC2(CC1)CN(C(C)(C)C)C2.CC(=O)CN1CCC2(CC1)CCN(C(C)C)C2.CC(=O)CN1CCC2(CCN(C(C)(C)C)CC2)C1.CC(C)N1CC2(CCN(CC(=O)O)C2)C1.CCN1CC2CC1CN2C(C)(C)C.CCN1CCN(C(C)(C)C)CC1. The molecule has 17 rings (SSSR count). The van der Waals surface area contributed by atoms with Crippen molar-refractivity contribution in [2.24, 2.45) is 44.3 Å². The van der Waals surface area contributed by atoms with E-state index < -0.39 is 5.97 Å². The van der Waals surface area contributed by atoms with Crippen LogP contribution in [0.5, 0.6) is 0 Å². The number of hydrogen-bond acceptors (Lipinski definition) is 25. The quantitative estimate of drug-likeness (QED) is 0.0718. The van der Waals surface area contributed by atoms with Crippen molar-refractivity contribution in [3.05, 3.63) is 49.4 Å². The molecule has 0 saturated carbocycles. The van der Waals surface area contributed by atoms with Gasteiger partial charge in [-0.2, -0.15) is 0 Å². The minimum Gasteiger partial charge on any atom is -0.512 e. The molecule has 2 bridgehead atoms. The average molecular weight is 1950 g/mol. The number of fused-ring (bicyclic) bond motifs is 3. The molecular formula is C113H214N18O8. The molecule has 17 saturated heterocycles. The average Bonchev–Trinajstić information content (AvgIpc) is 1.46. The second-order valence-electron chi connectivity index (χ2n) is 53.6. The summed E-state index contributed by atoms with van der Waals surface area (Å²) in [5.74, 6) is 2.68. The first-order valence-electron chi connectivity index (χ1n) is 55.5. The Labute approximate surface area is 850 Å². The lowest BCUT2D eigenvalue weighted by molar-refractivity contribution is -0.138. The standard InChI is InChI=1S/C15H28N2O.2C14H26N2O.2C13H24N2O.C12H22N2O.C11H20N2O2.C11H22N2.C10H22N2/c1-13(18)11-16-8-5-15(12-16)6-9-17(10-7-15)14(2,3)4;1-12(17)9-15-7-5-14(6-8-15)10-16(11-14)13(2,3)4;1-12(2)16-9-6-14(11-16)4-7-15(8-5-14)10-13(3)17;1-10(16)5-14-6-11-8-15(13(2,3)4)9-12(11)7-14;1-11(2)15-6-4-13(5-7-15)9-14(10-13)8-12(3)16;1-10(2)14-5-4-12(9-14)7-13(8-12)6-11(3)15;1-9(2)13-7-11(8-13)3-4-12(6-11)5-10(14)15;1-5-12-7-10-6-9(12)8-13(10)11(2,3)4;1-5-11-6-8-12(9-7-11)10(2,3)4/h5-12H2,1-4H3;17H,1,5-11H2,2-4H3;12H,4-11H2,1-3H3;11-12,16H,1,5-9H2,2-4H3;11,16H,3-10H2,1-2H3;10,15H,3-9H2,1-2H3;9H,3-8H2,1-2H3,(H,14,15);9-10H,5-8H2,1-4H3;5-9H2,1-4H3. The van der Waals surface area contributed by atoms with Gasteiger partial charge in [0.15, 0.2) is 0 Å². The molecule has 4 atom stereocenters. The number of ketones is 2. The van der Waals surface area contributed by atoms with Gasteiger partial charge in [0.2, 0.25) is 0 Å². The van der Waals surface area contributed by atoms with Crippen molar-refractivity contribution >= 4 is 17.5 Å². The van der Waals surface area contributed by atoms with Crippen LogP contribution in [-0.2, 0) is 14.4 Å². The van der Waals surface area contributed by atoms with Crippen LogP contribution in [0.15, 0.2) is 49.4 Å². The lowest BCUT2D eigenvalue weighted by atomic mass is 9.70. The van der Waals surface area contributed by atoms with E-state index in [1.807, 2.05) is 0 Å². The van der Waals surface area contributed by atoms with E-state index in [-0.39, 0.29) is 6.54 Å². The van der Waals surface area contributed by atoms with E-state index in [2.05, 4.69) is 288 Å². The number of carboxylic acid groups (broad SMARTS) is 1. The van der Waals surface area contributed by atoms with Crippen LogP contribution in [0.25, 0.3) is 0 Å². The zero-order chi connectivity index (χ0) is 103. The van der Waals surface area contributed by atoms with Crippen molar-refractivity contribution in [3.8, 4) is 0 Å². The monoisotopic (exact) mass is 1950 g/mol. The van der Waals surface area contributed by atoms with Gasteiger partial charge in [0.05, 0.1) is 68.8 Å². The van der Waals surface area contributed by atoms with Gasteiger partial charge in [0.1, 0.15) is 11.6 Å². The predicted molar refractivity (Wildman–Crippen MR) is 578 cm³/mol. The molecule has 0 amide bonds. The summed E-state index contributed by atoms with van der Waals surface area (Å²) in [7, 11) is 0. The number of aliphatic hydroxyl groups excluding tert-OH is 4. The van der Waals surface area contributed by atoms with Crippen LogP contribution in [0.3, 0.4) is 0 Å². The predicted octanol–water partition coefficient (Wildman–Crippen LogP) is 14.7. The summed E-state index contributed by atoms with van der Waals surface area (Å²) in [6, 6.07) is 4.37. The summed E-state index contributed by atoms with van der Waals surface area (Å²) in [6.45, 7) is 122. The molecule has 17 aliphatic rings. The summed E-state index contributed by atoms with van der Waals surface area (Å²) in [5.41, 5.74) is 4.81. The number of Topliss-reactive ketones (excluding diaryl/α,β-unsaturated/α-hetero) is 2.